The largest absolute Gasteiger partial charge is 0.317 e. The Kier molecular flexibility index (Phi) is 5.69. The molecule has 2 aromatic heterocycles. The van der Waals surface area contributed by atoms with Crippen molar-refractivity contribution in [3.8, 4) is 10.7 Å². The third kappa shape index (κ3) is 3.87. The first kappa shape index (κ1) is 15.6. The van der Waals surface area contributed by atoms with E-state index >= 15 is 0 Å². The number of aromatic nitrogens is 2. The molecule has 0 aliphatic heterocycles. The van der Waals surface area contributed by atoms with Crippen LogP contribution in [-0.2, 0) is 6.42 Å². The van der Waals surface area contributed by atoms with Crippen LogP contribution >= 0.6 is 27.3 Å². The molecule has 0 saturated carbocycles. The van der Waals surface area contributed by atoms with Crippen molar-refractivity contribution in [1.82, 2.24) is 15.3 Å². The summed E-state index contributed by atoms with van der Waals surface area (Å²) >= 11 is 5.16. The highest BCUT2D eigenvalue weighted by Gasteiger charge is 2.11. The number of rotatable bonds is 6. The van der Waals surface area contributed by atoms with E-state index in [1.807, 2.05) is 6.07 Å². The van der Waals surface area contributed by atoms with Crippen molar-refractivity contribution in [3.63, 3.8) is 0 Å². The maximum atomic E-state index is 4.67. The second-order valence-electron chi connectivity index (χ2n) is 4.76. The number of halogens is 1. The highest BCUT2D eigenvalue weighted by Crippen LogP contribution is 2.30. The average Bonchev–Trinajstić information content (AvgIpc) is 2.83. The van der Waals surface area contributed by atoms with Crippen LogP contribution in [0.2, 0.25) is 0 Å². The van der Waals surface area contributed by atoms with Crippen molar-refractivity contribution in [1.29, 1.82) is 0 Å². The molecule has 0 aliphatic carbocycles. The number of nitrogens with one attached hydrogen (secondary N) is 1. The average molecular weight is 354 g/mol. The lowest BCUT2D eigenvalue weighted by molar-refractivity contribution is 0.667. The normalized spacial score (nSPS) is 11.0. The molecule has 0 amide bonds. The van der Waals surface area contributed by atoms with Crippen LogP contribution in [0.5, 0.6) is 0 Å². The summed E-state index contributed by atoms with van der Waals surface area (Å²) in [6.45, 7) is 8.38. The Morgan fingerprint density at radius 3 is 2.45 bits per heavy atom. The molecule has 0 aliphatic rings. The molecule has 0 saturated heterocycles. The number of thiophene rings is 1. The van der Waals surface area contributed by atoms with E-state index in [0.29, 0.717) is 0 Å². The van der Waals surface area contributed by atoms with E-state index in [2.05, 4.69) is 58.1 Å². The van der Waals surface area contributed by atoms with Gasteiger partial charge in [0.15, 0.2) is 5.82 Å². The summed E-state index contributed by atoms with van der Waals surface area (Å²) in [7, 11) is 0. The van der Waals surface area contributed by atoms with Crippen molar-refractivity contribution in [3.05, 3.63) is 32.9 Å². The van der Waals surface area contributed by atoms with Gasteiger partial charge in [-0.1, -0.05) is 6.92 Å². The molecule has 20 heavy (non-hydrogen) atoms. The first-order valence-corrected chi connectivity index (χ1v) is 8.53. The number of aryl methyl sites for hydroxylation is 2. The summed E-state index contributed by atoms with van der Waals surface area (Å²) in [5, 5.41) is 3.35. The summed E-state index contributed by atoms with van der Waals surface area (Å²) in [5.41, 5.74) is 3.50. The van der Waals surface area contributed by atoms with Gasteiger partial charge in [0.2, 0.25) is 0 Å². The van der Waals surface area contributed by atoms with E-state index in [4.69, 9.17) is 0 Å². The zero-order valence-electron chi connectivity index (χ0n) is 12.2. The van der Waals surface area contributed by atoms with Gasteiger partial charge in [-0.15, -0.1) is 11.3 Å². The minimum absolute atomic E-state index is 0.839. The summed E-state index contributed by atoms with van der Waals surface area (Å²) in [6, 6.07) is 4.10. The van der Waals surface area contributed by atoms with Crippen LogP contribution < -0.4 is 5.32 Å². The monoisotopic (exact) mass is 353 g/mol. The topological polar surface area (TPSA) is 37.8 Å². The van der Waals surface area contributed by atoms with E-state index in [1.165, 1.54) is 5.56 Å². The van der Waals surface area contributed by atoms with E-state index < -0.39 is 0 Å². The molecule has 0 aromatic carbocycles. The third-order valence-electron chi connectivity index (χ3n) is 3.24. The van der Waals surface area contributed by atoms with Gasteiger partial charge in [-0.2, -0.15) is 0 Å². The molecule has 0 unspecified atom stereocenters. The second kappa shape index (κ2) is 7.29. The predicted octanol–water partition coefficient (Wildman–Crippen LogP) is 4.13. The van der Waals surface area contributed by atoms with Gasteiger partial charge in [-0.25, -0.2) is 9.97 Å². The first-order chi connectivity index (χ1) is 9.61. The van der Waals surface area contributed by atoms with Gasteiger partial charge < -0.3 is 5.32 Å². The van der Waals surface area contributed by atoms with Gasteiger partial charge in [0.25, 0.3) is 0 Å². The summed E-state index contributed by atoms with van der Waals surface area (Å²) in [6.07, 6.45) is 2.17. The van der Waals surface area contributed by atoms with E-state index in [-0.39, 0.29) is 0 Å². The molecule has 3 nitrogen and oxygen atoms in total. The van der Waals surface area contributed by atoms with Crippen molar-refractivity contribution < 1.29 is 0 Å². The van der Waals surface area contributed by atoms with Crippen LogP contribution in [0.3, 0.4) is 0 Å². The van der Waals surface area contributed by atoms with Gasteiger partial charge in [0.05, 0.1) is 8.66 Å². The van der Waals surface area contributed by atoms with E-state index in [9.17, 15) is 0 Å². The molecule has 2 rings (SSSR count). The van der Waals surface area contributed by atoms with Crippen LogP contribution in [0.25, 0.3) is 10.7 Å². The molecular weight excluding hydrogens is 334 g/mol. The molecule has 108 valence electrons. The minimum atomic E-state index is 0.839. The Balaban J connectivity index is 2.16. The lowest BCUT2D eigenvalue weighted by Crippen LogP contribution is -2.15. The second-order valence-corrected chi connectivity index (χ2v) is 7.22. The number of hydrogen-bond donors (Lipinski definition) is 1. The Bertz CT molecular complexity index is 557. The Morgan fingerprint density at radius 2 is 1.90 bits per heavy atom. The summed E-state index contributed by atoms with van der Waals surface area (Å²) in [5.74, 6) is 0.839. The zero-order valence-corrected chi connectivity index (χ0v) is 14.6. The van der Waals surface area contributed by atoms with Gasteiger partial charge in [-0.3, -0.25) is 0 Å². The smallest absolute Gasteiger partial charge is 0.169 e. The molecule has 2 aromatic rings. The molecule has 1 N–H and O–H groups in total. The zero-order chi connectivity index (χ0) is 14.5. The fourth-order valence-corrected chi connectivity index (χ4v) is 3.53. The van der Waals surface area contributed by atoms with Crippen LogP contribution in [0.15, 0.2) is 15.9 Å². The molecule has 0 bridgehead atoms. The maximum absolute atomic E-state index is 4.67. The van der Waals surface area contributed by atoms with Crippen LogP contribution in [0.4, 0.5) is 0 Å². The Hall–Kier alpha value is -0.780. The van der Waals surface area contributed by atoms with E-state index in [1.54, 1.807) is 11.3 Å². The van der Waals surface area contributed by atoms with Crippen molar-refractivity contribution in [2.24, 2.45) is 0 Å². The predicted molar refractivity (Wildman–Crippen MR) is 89.4 cm³/mol. The molecule has 0 spiro atoms. The molecular formula is C15H20BrN3S. The number of hydrogen-bond acceptors (Lipinski definition) is 4. The molecule has 0 radical (unpaired) electrons. The maximum Gasteiger partial charge on any atom is 0.169 e. The van der Waals surface area contributed by atoms with Gasteiger partial charge in [0.1, 0.15) is 0 Å². The lowest BCUT2D eigenvalue weighted by Gasteiger charge is -2.10. The molecule has 0 fully saturated rings. The summed E-state index contributed by atoms with van der Waals surface area (Å²) in [4.78, 5) is 10.5. The standard InChI is InChI=1S/C15H20BrN3S/c1-4-17-9-5-6-12-10(2)18-15(19-11(12)3)13-7-8-14(16)20-13/h7-8,17H,4-6,9H2,1-3H3. The third-order valence-corrected chi connectivity index (χ3v) is 4.86. The molecule has 0 atom stereocenters. The Labute approximate surface area is 133 Å². The van der Waals surface area contributed by atoms with Crippen molar-refractivity contribution >= 4 is 27.3 Å². The Morgan fingerprint density at radius 1 is 1.20 bits per heavy atom. The fraction of sp³-hybridized carbons (Fsp3) is 0.467. The highest BCUT2D eigenvalue weighted by atomic mass is 79.9. The minimum Gasteiger partial charge on any atom is -0.317 e. The lowest BCUT2D eigenvalue weighted by atomic mass is 10.1. The SMILES string of the molecule is CCNCCCc1c(C)nc(-c2ccc(Br)s2)nc1C. The van der Waals surface area contributed by atoms with Crippen molar-refractivity contribution in [2.75, 3.05) is 13.1 Å². The number of nitrogens with zero attached hydrogens (tertiary/aromatic N) is 2. The van der Waals surface area contributed by atoms with Gasteiger partial charge in [0, 0.05) is 11.4 Å². The van der Waals surface area contributed by atoms with Crippen LogP contribution in [0, 0.1) is 13.8 Å². The van der Waals surface area contributed by atoms with E-state index in [0.717, 1.165) is 51.8 Å². The highest BCUT2D eigenvalue weighted by molar-refractivity contribution is 9.11. The van der Waals surface area contributed by atoms with Crippen molar-refractivity contribution in [2.45, 2.75) is 33.6 Å². The van der Waals surface area contributed by atoms with Crippen LogP contribution in [-0.4, -0.2) is 23.1 Å². The quantitative estimate of drug-likeness (QED) is 0.793. The molecule has 2 heterocycles. The molecule has 5 heteroatoms. The summed E-state index contributed by atoms with van der Waals surface area (Å²) < 4.78 is 1.11. The van der Waals surface area contributed by atoms with Crippen LogP contribution in [0.1, 0.15) is 30.3 Å². The fourth-order valence-electron chi connectivity index (χ4n) is 2.21. The van der Waals surface area contributed by atoms with Gasteiger partial charge >= 0.3 is 0 Å². The van der Waals surface area contributed by atoms with Gasteiger partial charge in [-0.05, 0) is 73.4 Å². The first-order valence-electron chi connectivity index (χ1n) is 6.92.